The second-order valence-electron chi connectivity index (χ2n) is 2.94. The van der Waals surface area contributed by atoms with Crippen molar-refractivity contribution >= 4 is 0 Å². The lowest BCUT2D eigenvalue weighted by Gasteiger charge is -2.11. The predicted molar refractivity (Wildman–Crippen MR) is 35.6 cm³/mol. The van der Waals surface area contributed by atoms with Crippen LogP contribution in [0.4, 0.5) is 0 Å². The Morgan fingerprint density at radius 3 is 2.44 bits per heavy atom. The molecule has 1 aliphatic rings. The van der Waals surface area contributed by atoms with Crippen molar-refractivity contribution in [2.45, 2.75) is 26.3 Å². The number of likely N-dealkylation sites (tertiary alicyclic amines) is 1. The van der Waals surface area contributed by atoms with Crippen LogP contribution in [0.15, 0.2) is 0 Å². The summed E-state index contributed by atoms with van der Waals surface area (Å²) >= 11 is 0. The van der Waals surface area contributed by atoms with Crippen LogP contribution in [0.25, 0.3) is 0 Å². The van der Waals surface area contributed by atoms with Crippen molar-refractivity contribution in [3.05, 3.63) is 0 Å². The van der Waals surface area contributed by atoms with Gasteiger partial charge in [0.2, 0.25) is 0 Å². The molecule has 2 heteroatoms. The molecule has 1 rings (SSSR count). The Balaban J connectivity index is 2.50. The highest BCUT2D eigenvalue weighted by Crippen LogP contribution is 2.20. The minimum absolute atomic E-state index is 0.477. The van der Waals surface area contributed by atoms with Gasteiger partial charge in [-0.25, -0.2) is 0 Å². The Hall–Kier alpha value is -0.710. The number of rotatable bonds is 0. The molecule has 0 N–H and O–H groups in total. The largest absolute Gasteiger partial charge is 0.308 e. The average Bonchev–Trinajstić information content (AvgIpc) is 2.10. The van der Waals surface area contributed by atoms with Crippen LogP contribution in [-0.2, 0) is 0 Å². The van der Waals surface area contributed by atoms with E-state index in [9.17, 15) is 0 Å². The van der Waals surface area contributed by atoms with Crippen LogP contribution in [0.1, 0.15) is 20.3 Å². The van der Waals surface area contributed by atoms with Crippen molar-refractivity contribution in [1.82, 2.24) is 4.90 Å². The Bertz CT molecular complexity index is 136. The second kappa shape index (κ2) is 2.26. The maximum absolute atomic E-state index is 8.53. The molecule has 50 valence electrons. The number of hydrogen-bond donors (Lipinski definition) is 0. The summed E-state index contributed by atoms with van der Waals surface area (Å²) in [5.74, 6) is 0.708. The first-order valence-corrected chi connectivity index (χ1v) is 3.40. The number of nitrogens with zero attached hydrogens (tertiary/aromatic N) is 2. The summed E-state index contributed by atoms with van der Waals surface area (Å²) in [6, 6.07) is 0.477. The molecule has 2 atom stereocenters. The molecule has 9 heavy (non-hydrogen) atoms. The lowest BCUT2D eigenvalue weighted by molar-refractivity contribution is 0.384. The fraction of sp³-hybridized carbons (Fsp3) is 0.857. The molecule has 1 heterocycles. The van der Waals surface area contributed by atoms with E-state index in [1.54, 1.807) is 0 Å². The molecule has 0 aromatic carbocycles. The molecule has 0 spiro atoms. The van der Waals surface area contributed by atoms with Gasteiger partial charge in [0, 0.05) is 12.6 Å². The SMILES string of the molecule is C[C@@H]1C[C@@H](C)N(C#N)C1. The Morgan fingerprint density at radius 1 is 1.56 bits per heavy atom. The molecule has 1 saturated heterocycles. The molecular weight excluding hydrogens is 112 g/mol. The zero-order valence-corrected chi connectivity index (χ0v) is 5.96. The molecule has 0 unspecified atom stereocenters. The predicted octanol–water partition coefficient (Wildman–Crippen LogP) is 1.20. The molecule has 0 aromatic rings. The lowest BCUT2D eigenvalue weighted by Crippen LogP contribution is -2.20. The van der Waals surface area contributed by atoms with Gasteiger partial charge in [-0.15, -0.1) is 0 Å². The Morgan fingerprint density at radius 2 is 2.22 bits per heavy atom. The normalized spacial score (nSPS) is 34.6. The highest BCUT2D eigenvalue weighted by Gasteiger charge is 2.24. The molecule has 1 fully saturated rings. The molecular formula is C7H12N2. The van der Waals surface area contributed by atoms with E-state index >= 15 is 0 Å². The Kier molecular flexibility index (Phi) is 1.61. The smallest absolute Gasteiger partial charge is 0.179 e. The van der Waals surface area contributed by atoms with Crippen molar-refractivity contribution < 1.29 is 0 Å². The van der Waals surface area contributed by atoms with E-state index in [1.165, 1.54) is 6.42 Å². The molecule has 0 bridgehead atoms. The first-order valence-electron chi connectivity index (χ1n) is 3.40. The number of hydrogen-bond acceptors (Lipinski definition) is 2. The second-order valence-corrected chi connectivity index (χ2v) is 2.94. The van der Waals surface area contributed by atoms with E-state index in [0.717, 1.165) is 6.54 Å². The van der Waals surface area contributed by atoms with Gasteiger partial charge < -0.3 is 4.90 Å². The molecule has 0 aromatic heterocycles. The maximum atomic E-state index is 8.53. The zero-order chi connectivity index (χ0) is 6.85. The first kappa shape index (κ1) is 6.41. The fourth-order valence-corrected chi connectivity index (χ4v) is 1.44. The summed E-state index contributed by atoms with van der Waals surface area (Å²) in [5.41, 5.74) is 0. The van der Waals surface area contributed by atoms with Gasteiger partial charge in [-0.1, -0.05) is 6.92 Å². The minimum atomic E-state index is 0.477. The summed E-state index contributed by atoms with van der Waals surface area (Å²) in [7, 11) is 0. The summed E-state index contributed by atoms with van der Waals surface area (Å²) in [6.45, 7) is 5.25. The molecule has 0 aliphatic carbocycles. The third-order valence-electron chi connectivity index (χ3n) is 1.91. The van der Waals surface area contributed by atoms with E-state index in [2.05, 4.69) is 20.0 Å². The van der Waals surface area contributed by atoms with Gasteiger partial charge in [0.25, 0.3) is 0 Å². The van der Waals surface area contributed by atoms with Crippen LogP contribution in [0.3, 0.4) is 0 Å². The Labute approximate surface area is 56.1 Å². The van der Waals surface area contributed by atoms with Crippen molar-refractivity contribution in [2.24, 2.45) is 5.92 Å². The van der Waals surface area contributed by atoms with Crippen LogP contribution in [0, 0.1) is 17.4 Å². The van der Waals surface area contributed by atoms with E-state index in [4.69, 9.17) is 5.26 Å². The van der Waals surface area contributed by atoms with Crippen LogP contribution in [0.5, 0.6) is 0 Å². The summed E-state index contributed by atoms with van der Waals surface area (Å²) in [6.07, 6.45) is 3.35. The van der Waals surface area contributed by atoms with Gasteiger partial charge in [-0.2, -0.15) is 5.26 Å². The molecule has 0 saturated carbocycles. The van der Waals surface area contributed by atoms with Gasteiger partial charge in [0.1, 0.15) is 0 Å². The van der Waals surface area contributed by atoms with E-state index < -0.39 is 0 Å². The summed E-state index contributed by atoms with van der Waals surface area (Å²) in [5, 5.41) is 8.53. The van der Waals surface area contributed by atoms with Crippen molar-refractivity contribution in [2.75, 3.05) is 6.54 Å². The summed E-state index contributed by atoms with van der Waals surface area (Å²) < 4.78 is 0. The monoisotopic (exact) mass is 124 g/mol. The van der Waals surface area contributed by atoms with Crippen molar-refractivity contribution in [1.29, 1.82) is 5.26 Å². The molecule has 2 nitrogen and oxygen atoms in total. The first-order chi connectivity index (χ1) is 4.24. The van der Waals surface area contributed by atoms with E-state index in [1.807, 2.05) is 4.90 Å². The van der Waals surface area contributed by atoms with Crippen molar-refractivity contribution in [3.8, 4) is 6.19 Å². The molecule has 0 amide bonds. The van der Waals surface area contributed by atoms with Gasteiger partial charge >= 0.3 is 0 Å². The van der Waals surface area contributed by atoms with Crippen LogP contribution >= 0.6 is 0 Å². The standard InChI is InChI=1S/C7H12N2/c1-6-3-7(2)9(4-6)5-8/h6-7H,3-4H2,1-2H3/t6-,7-/m1/s1. The topological polar surface area (TPSA) is 27.0 Å². The van der Waals surface area contributed by atoms with E-state index in [-0.39, 0.29) is 0 Å². The van der Waals surface area contributed by atoms with Gasteiger partial charge in [-0.3, -0.25) is 0 Å². The summed E-state index contributed by atoms with van der Waals surface area (Å²) in [4.78, 5) is 1.85. The van der Waals surface area contributed by atoms with E-state index in [0.29, 0.717) is 12.0 Å². The highest BCUT2D eigenvalue weighted by molar-refractivity contribution is 4.88. The van der Waals surface area contributed by atoms with Gasteiger partial charge in [-0.05, 0) is 19.3 Å². The third kappa shape index (κ3) is 1.16. The van der Waals surface area contributed by atoms with Crippen LogP contribution < -0.4 is 0 Å². The fourth-order valence-electron chi connectivity index (χ4n) is 1.44. The maximum Gasteiger partial charge on any atom is 0.179 e. The van der Waals surface area contributed by atoms with Gasteiger partial charge in [0.15, 0.2) is 6.19 Å². The third-order valence-corrected chi connectivity index (χ3v) is 1.91. The van der Waals surface area contributed by atoms with Crippen LogP contribution in [-0.4, -0.2) is 17.5 Å². The van der Waals surface area contributed by atoms with Crippen LogP contribution in [0.2, 0.25) is 0 Å². The average molecular weight is 124 g/mol. The molecule has 0 radical (unpaired) electrons. The van der Waals surface area contributed by atoms with Crippen molar-refractivity contribution in [3.63, 3.8) is 0 Å². The van der Waals surface area contributed by atoms with Gasteiger partial charge in [0.05, 0.1) is 0 Å². The highest BCUT2D eigenvalue weighted by atomic mass is 15.2. The lowest BCUT2D eigenvalue weighted by atomic mass is 10.1. The quantitative estimate of drug-likeness (QED) is 0.454. The zero-order valence-electron chi connectivity index (χ0n) is 5.96. The minimum Gasteiger partial charge on any atom is -0.308 e. The number of nitriles is 1. The molecule has 1 aliphatic heterocycles.